The molecule has 0 fully saturated rings. The highest BCUT2D eigenvalue weighted by atomic mass is 79.9. The van der Waals surface area contributed by atoms with Gasteiger partial charge in [-0.3, -0.25) is 0 Å². The van der Waals surface area contributed by atoms with Crippen LogP contribution in [0.2, 0.25) is 0 Å². The first-order valence-corrected chi connectivity index (χ1v) is 10.1. The van der Waals surface area contributed by atoms with Gasteiger partial charge in [0.25, 0.3) is 0 Å². The Bertz CT molecular complexity index is 1060. The third-order valence-corrected chi connectivity index (χ3v) is 5.60. The molecule has 0 aliphatic carbocycles. The minimum atomic E-state index is -1.06. The number of benzene rings is 1. The molecule has 0 bridgehead atoms. The molecule has 3 rings (SSSR count). The zero-order chi connectivity index (χ0) is 20.4. The van der Waals surface area contributed by atoms with Gasteiger partial charge in [-0.15, -0.1) is 11.3 Å². The van der Waals surface area contributed by atoms with Gasteiger partial charge in [-0.2, -0.15) is 0 Å². The number of halogens is 1. The summed E-state index contributed by atoms with van der Waals surface area (Å²) in [6.45, 7) is 6.08. The second kappa shape index (κ2) is 8.24. The summed E-state index contributed by atoms with van der Waals surface area (Å²) in [5.41, 5.74) is 1.20. The maximum atomic E-state index is 12.4. The van der Waals surface area contributed by atoms with Crippen molar-refractivity contribution in [2.45, 2.75) is 20.8 Å². The Balaban J connectivity index is 2.02. The Kier molecular flexibility index (Phi) is 5.95. The number of hydrogen-bond acceptors (Lipinski definition) is 7. The van der Waals surface area contributed by atoms with Crippen LogP contribution in [0.15, 0.2) is 29.0 Å². The number of aromatic nitrogens is 2. The molecule has 0 unspecified atom stereocenters. The Hall–Kier alpha value is -2.52. The van der Waals surface area contributed by atoms with Gasteiger partial charge in [-0.25, -0.2) is 19.6 Å². The lowest BCUT2D eigenvalue weighted by molar-refractivity contribution is 0.0463. The quantitative estimate of drug-likeness (QED) is 0.494. The Morgan fingerprint density at radius 1 is 1.32 bits per heavy atom. The first kappa shape index (κ1) is 20.2. The number of aromatic carboxylic acids is 1. The van der Waals surface area contributed by atoms with Crippen molar-refractivity contribution in [2.75, 3.05) is 11.9 Å². The monoisotopic (exact) mass is 463 g/mol. The van der Waals surface area contributed by atoms with Crippen LogP contribution < -0.4 is 5.32 Å². The molecule has 7 nitrogen and oxygen atoms in total. The fourth-order valence-electron chi connectivity index (χ4n) is 2.60. The maximum Gasteiger partial charge on any atom is 0.348 e. The topological polar surface area (TPSA) is 101 Å². The molecule has 28 heavy (non-hydrogen) atoms. The van der Waals surface area contributed by atoms with Gasteiger partial charge < -0.3 is 15.2 Å². The van der Waals surface area contributed by atoms with Crippen LogP contribution in [0, 0.1) is 12.8 Å². The molecule has 0 saturated carbocycles. The number of thiophene rings is 1. The summed E-state index contributed by atoms with van der Waals surface area (Å²) in [4.78, 5) is 33.6. The molecular weight excluding hydrogens is 446 g/mol. The van der Waals surface area contributed by atoms with Gasteiger partial charge in [-0.05, 0) is 36.6 Å². The summed E-state index contributed by atoms with van der Waals surface area (Å²) in [5, 5.41) is 13.2. The molecule has 146 valence electrons. The molecule has 1 aromatic carbocycles. The second-order valence-corrected chi connectivity index (χ2v) is 8.49. The van der Waals surface area contributed by atoms with Crippen molar-refractivity contribution >= 4 is 60.9 Å². The third-order valence-electron chi connectivity index (χ3n) is 3.93. The smallest absolute Gasteiger partial charge is 0.348 e. The molecule has 0 atom stereocenters. The van der Waals surface area contributed by atoms with Gasteiger partial charge in [0.05, 0.1) is 23.2 Å². The van der Waals surface area contributed by atoms with Gasteiger partial charge in [0.1, 0.15) is 21.9 Å². The Morgan fingerprint density at radius 3 is 2.75 bits per heavy atom. The van der Waals surface area contributed by atoms with E-state index < -0.39 is 11.9 Å². The van der Waals surface area contributed by atoms with Crippen LogP contribution in [-0.4, -0.2) is 33.6 Å². The van der Waals surface area contributed by atoms with Crippen molar-refractivity contribution in [3.8, 4) is 0 Å². The highest BCUT2D eigenvalue weighted by Gasteiger charge is 2.21. The third kappa shape index (κ3) is 4.15. The zero-order valence-electron chi connectivity index (χ0n) is 15.4. The summed E-state index contributed by atoms with van der Waals surface area (Å²) in [6.07, 6.45) is 1.38. The van der Waals surface area contributed by atoms with Crippen molar-refractivity contribution in [1.82, 2.24) is 9.97 Å². The van der Waals surface area contributed by atoms with E-state index in [2.05, 4.69) is 31.2 Å². The molecule has 3 aromatic rings. The zero-order valence-corrected chi connectivity index (χ0v) is 17.8. The first-order valence-electron chi connectivity index (χ1n) is 8.49. The van der Waals surface area contributed by atoms with Gasteiger partial charge in [-0.1, -0.05) is 29.8 Å². The molecule has 0 amide bonds. The Morgan fingerprint density at radius 2 is 2.07 bits per heavy atom. The summed E-state index contributed by atoms with van der Waals surface area (Å²) in [6, 6.07) is 4.90. The average molecular weight is 464 g/mol. The summed E-state index contributed by atoms with van der Waals surface area (Å²) in [5.74, 6) is -0.780. The molecular formula is C19H18BrN3O4S. The van der Waals surface area contributed by atoms with E-state index in [0.717, 1.165) is 0 Å². The molecule has 2 N–H and O–H groups in total. The number of carbonyl (C=O) groups is 2. The average Bonchev–Trinajstić information content (AvgIpc) is 2.99. The predicted molar refractivity (Wildman–Crippen MR) is 112 cm³/mol. The van der Waals surface area contributed by atoms with Crippen LogP contribution >= 0.6 is 27.3 Å². The lowest BCUT2D eigenvalue weighted by atomic mass is 10.1. The number of carboxylic acids is 1. The number of aryl methyl sites for hydroxylation is 1. The van der Waals surface area contributed by atoms with E-state index in [4.69, 9.17) is 4.74 Å². The first-order chi connectivity index (χ1) is 13.3. The molecule has 0 saturated heterocycles. The minimum absolute atomic E-state index is 0.102. The van der Waals surface area contributed by atoms with Crippen molar-refractivity contribution in [3.05, 3.63) is 45.0 Å². The van der Waals surface area contributed by atoms with Crippen LogP contribution in [0.3, 0.4) is 0 Å². The van der Waals surface area contributed by atoms with Crippen molar-refractivity contribution in [3.63, 3.8) is 0 Å². The predicted octanol–water partition coefficient (Wildman–Crippen LogP) is 5.02. The van der Waals surface area contributed by atoms with E-state index in [1.54, 1.807) is 19.1 Å². The van der Waals surface area contributed by atoms with Crippen molar-refractivity contribution in [1.29, 1.82) is 0 Å². The van der Waals surface area contributed by atoms with E-state index in [-0.39, 0.29) is 11.5 Å². The van der Waals surface area contributed by atoms with E-state index in [0.29, 0.717) is 43.2 Å². The molecule has 9 heteroatoms. The number of rotatable bonds is 6. The number of carbonyl (C=O) groups excluding carboxylic acids is 1. The number of anilines is 2. The SMILES string of the molecule is Cc1c(C(=O)OCC(C)C)sc2ncnc(Nc3ccc(Br)cc3C(=O)O)c12. The summed E-state index contributed by atoms with van der Waals surface area (Å²) in [7, 11) is 0. The van der Waals surface area contributed by atoms with Gasteiger partial charge in [0, 0.05) is 4.47 Å². The number of nitrogens with one attached hydrogen (secondary N) is 1. The fraction of sp³-hybridized carbons (Fsp3) is 0.263. The van der Waals surface area contributed by atoms with E-state index in [1.165, 1.54) is 23.7 Å². The van der Waals surface area contributed by atoms with Crippen LogP contribution in [-0.2, 0) is 4.74 Å². The van der Waals surface area contributed by atoms with Crippen LogP contribution in [0.1, 0.15) is 39.4 Å². The molecule has 2 aromatic heterocycles. The fourth-order valence-corrected chi connectivity index (χ4v) is 4.00. The van der Waals surface area contributed by atoms with Crippen LogP contribution in [0.4, 0.5) is 11.5 Å². The van der Waals surface area contributed by atoms with E-state index in [1.807, 2.05) is 13.8 Å². The highest BCUT2D eigenvalue weighted by Crippen LogP contribution is 2.35. The second-order valence-electron chi connectivity index (χ2n) is 6.57. The normalized spacial score (nSPS) is 11.0. The molecule has 0 spiro atoms. The number of fused-ring (bicyclic) bond motifs is 1. The van der Waals surface area contributed by atoms with Gasteiger partial charge in [0.2, 0.25) is 0 Å². The Labute approximate surface area is 173 Å². The van der Waals surface area contributed by atoms with Gasteiger partial charge >= 0.3 is 11.9 Å². The van der Waals surface area contributed by atoms with Crippen molar-refractivity contribution in [2.24, 2.45) is 5.92 Å². The summed E-state index contributed by atoms with van der Waals surface area (Å²) < 4.78 is 6.00. The van der Waals surface area contributed by atoms with Gasteiger partial charge in [0.15, 0.2) is 0 Å². The van der Waals surface area contributed by atoms with Crippen LogP contribution in [0.5, 0.6) is 0 Å². The molecule has 0 aliphatic heterocycles. The van der Waals surface area contributed by atoms with E-state index >= 15 is 0 Å². The largest absolute Gasteiger partial charge is 0.478 e. The number of nitrogens with zero attached hydrogens (tertiary/aromatic N) is 2. The number of ether oxygens (including phenoxy) is 1. The molecule has 0 radical (unpaired) electrons. The minimum Gasteiger partial charge on any atom is -0.478 e. The standard InChI is InChI=1S/C19H18BrN3O4S/c1-9(2)7-27-19(26)15-10(3)14-16(21-8-22-17(14)28-15)23-13-5-4-11(20)6-12(13)18(24)25/h4-6,8-9H,7H2,1-3H3,(H,24,25)(H,21,22,23). The maximum absolute atomic E-state index is 12.4. The summed E-state index contributed by atoms with van der Waals surface area (Å²) >= 11 is 4.51. The number of esters is 1. The molecule has 0 aliphatic rings. The van der Waals surface area contributed by atoms with Crippen molar-refractivity contribution < 1.29 is 19.4 Å². The van der Waals surface area contributed by atoms with E-state index in [9.17, 15) is 14.7 Å². The lowest BCUT2D eigenvalue weighted by Gasteiger charge is -2.10. The number of carboxylic acid groups (broad SMARTS) is 1. The lowest BCUT2D eigenvalue weighted by Crippen LogP contribution is -2.09. The molecule has 2 heterocycles. The number of hydrogen-bond donors (Lipinski definition) is 2. The highest BCUT2D eigenvalue weighted by molar-refractivity contribution is 9.10. The van der Waals surface area contributed by atoms with Crippen LogP contribution in [0.25, 0.3) is 10.2 Å².